The van der Waals surface area contributed by atoms with Crippen LogP contribution in [-0.4, -0.2) is 20.8 Å². The van der Waals surface area contributed by atoms with Gasteiger partial charge in [-0.1, -0.05) is 12.1 Å². The molecule has 6 heteroatoms. The number of furan rings is 1. The molecular formula is C17H16N4O2. The van der Waals surface area contributed by atoms with Gasteiger partial charge < -0.3 is 19.6 Å². The van der Waals surface area contributed by atoms with Crippen molar-refractivity contribution < 1.29 is 9.21 Å². The summed E-state index contributed by atoms with van der Waals surface area (Å²) >= 11 is 0. The van der Waals surface area contributed by atoms with Crippen LogP contribution in [0.25, 0.3) is 0 Å². The van der Waals surface area contributed by atoms with E-state index in [2.05, 4.69) is 15.3 Å². The molecule has 6 nitrogen and oxygen atoms in total. The Balaban J connectivity index is 1.78. The third-order valence-corrected chi connectivity index (χ3v) is 4.06. The highest BCUT2D eigenvalue weighted by Crippen LogP contribution is 2.34. The molecule has 0 aliphatic carbocycles. The minimum Gasteiger partial charge on any atom is -0.467 e. The molecule has 0 saturated carbocycles. The van der Waals surface area contributed by atoms with Gasteiger partial charge in [0.1, 0.15) is 17.6 Å². The van der Waals surface area contributed by atoms with Gasteiger partial charge in [-0.05, 0) is 31.2 Å². The van der Waals surface area contributed by atoms with Crippen molar-refractivity contribution in [2.75, 3.05) is 5.32 Å². The van der Waals surface area contributed by atoms with E-state index in [1.54, 1.807) is 17.5 Å². The monoisotopic (exact) mass is 308 g/mol. The summed E-state index contributed by atoms with van der Waals surface area (Å²) in [6.07, 6.45) is 2.91. The second kappa shape index (κ2) is 5.31. The summed E-state index contributed by atoms with van der Waals surface area (Å²) in [6, 6.07) is 11.2. The van der Waals surface area contributed by atoms with E-state index in [-0.39, 0.29) is 12.1 Å². The molecular weight excluding hydrogens is 292 g/mol. The summed E-state index contributed by atoms with van der Waals surface area (Å²) in [4.78, 5) is 22.2. The number of carbonyl (C=O) groups is 1. The fourth-order valence-corrected chi connectivity index (χ4v) is 2.89. The number of H-pyrrole nitrogens is 1. The Morgan fingerprint density at radius 1 is 1.26 bits per heavy atom. The highest BCUT2D eigenvalue weighted by molar-refractivity contribution is 6.01. The third-order valence-electron chi connectivity index (χ3n) is 4.06. The Kier molecular flexibility index (Phi) is 3.15. The molecule has 3 heterocycles. The van der Waals surface area contributed by atoms with Crippen molar-refractivity contribution in [3.8, 4) is 0 Å². The van der Waals surface area contributed by atoms with E-state index >= 15 is 0 Å². The Bertz CT molecular complexity index is 838. The highest BCUT2D eigenvalue weighted by Gasteiger charge is 2.35. The predicted octanol–water partition coefficient (Wildman–Crippen LogP) is 3.08. The fraction of sp³-hybridized carbons (Fsp3) is 0.176. The normalized spacial score (nSPS) is 17.0. The van der Waals surface area contributed by atoms with E-state index in [0.29, 0.717) is 12.1 Å². The molecule has 116 valence electrons. The first-order chi connectivity index (χ1) is 11.2. The van der Waals surface area contributed by atoms with Gasteiger partial charge in [0.05, 0.1) is 24.7 Å². The lowest BCUT2D eigenvalue weighted by Crippen LogP contribution is -2.42. The van der Waals surface area contributed by atoms with Crippen molar-refractivity contribution in [1.29, 1.82) is 0 Å². The van der Waals surface area contributed by atoms with E-state index in [9.17, 15) is 4.79 Å². The number of aromatic amines is 1. The van der Waals surface area contributed by atoms with Crippen molar-refractivity contribution in [2.45, 2.75) is 19.6 Å². The number of hydrogen-bond acceptors (Lipinski definition) is 4. The average Bonchev–Trinajstić information content (AvgIpc) is 3.22. The zero-order valence-electron chi connectivity index (χ0n) is 12.6. The quantitative estimate of drug-likeness (QED) is 0.780. The minimum absolute atomic E-state index is 0.0387. The van der Waals surface area contributed by atoms with Crippen LogP contribution in [0.4, 0.5) is 5.69 Å². The molecule has 1 amide bonds. The van der Waals surface area contributed by atoms with Gasteiger partial charge in [-0.15, -0.1) is 0 Å². The first kappa shape index (κ1) is 13.6. The minimum atomic E-state index is -0.339. The van der Waals surface area contributed by atoms with Gasteiger partial charge in [-0.2, -0.15) is 0 Å². The third kappa shape index (κ3) is 2.28. The number of anilines is 1. The summed E-state index contributed by atoms with van der Waals surface area (Å²) < 4.78 is 5.42. The standard InChI is InChI=1S/C17H16N4O2/c1-11-15(19-10-18-11)16-20-14-7-3-2-6-13(14)17(22)21(16)9-12-5-4-8-23-12/h2-8,10,16,20H,9H2,1H3,(H,18,19)/t16-/m0/s1. The number of amides is 1. The Morgan fingerprint density at radius 2 is 2.13 bits per heavy atom. The summed E-state index contributed by atoms with van der Waals surface area (Å²) in [5.74, 6) is 0.695. The lowest BCUT2D eigenvalue weighted by Gasteiger charge is -2.36. The van der Waals surface area contributed by atoms with E-state index in [0.717, 1.165) is 22.8 Å². The molecule has 2 N–H and O–H groups in total. The zero-order chi connectivity index (χ0) is 15.8. The second-order valence-electron chi connectivity index (χ2n) is 5.52. The van der Waals surface area contributed by atoms with E-state index in [1.165, 1.54) is 0 Å². The molecule has 1 aliphatic rings. The molecule has 1 aliphatic heterocycles. The summed E-state index contributed by atoms with van der Waals surface area (Å²) in [5, 5.41) is 3.41. The zero-order valence-corrected chi connectivity index (χ0v) is 12.6. The molecule has 1 atom stereocenters. The first-order valence-corrected chi connectivity index (χ1v) is 7.43. The van der Waals surface area contributed by atoms with Crippen LogP contribution >= 0.6 is 0 Å². The van der Waals surface area contributed by atoms with E-state index < -0.39 is 0 Å². The fourth-order valence-electron chi connectivity index (χ4n) is 2.89. The van der Waals surface area contributed by atoms with Crippen molar-refractivity contribution in [3.05, 3.63) is 71.7 Å². The number of nitrogens with one attached hydrogen (secondary N) is 2. The maximum atomic E-state index is 13.0. The van der Waals surface area contributed by atoms with E-state index in [4.69, 9.17) is 4.42 Å². The van der Waals surface area contributed by atoms with Gasteiger partial charge in [0.2, 0.25) is 0 Å². The molecule has 23 heavy (non-hydrogen) atoms. The smallest absolute Gasteiger partial charge is 0.258 e. The maximum Gasteiger partial charge on any atom is 0.258 e. The van der Waals surface area contributed by atoms with Gasteiger partial charge in [0.15, 0.2) is 0 Å². The number of benzene rings is 1. The number of aromatic nitrogens is 2. The topological polar surface area (TPSA) is 74.2 Å². The summed E-state index contributed by atoms with van der Waals surface area (Å²) in [6.45, 7) is 2.32. The van der Waals surface area contributed by atoms with Gasteiger partial charge in [0, 0.05) is 11.4 Å². The number of fused-ring (bicyclic) bond motifs is 1. The number of hydrogen-bond donors (Lipinski definition) is 2. The highest BCUT2D eigenvalue weighted by atomic mass is 16.3. The lowest BCUT2D eigenvalue weighted by molar-refractivity contribution is 0.0647. The number of nitrogens with zero attached hydrogens (tertiary/aromatic N) is 2. The molecule has 4 rings (SSSR count). The molecule has 0 fully saturated rings. The van der Waals surface area contributed by atoms with Crippen LogP contribution in [0.3, 0.4) is 0 Å². The Labute approximate surface area is 133 Å². The molecule has 1 aromatic carbocycles. The average molecular weight is 308 g/mol. The Morgan fingerprint density at radius 3 is 2.87 bits per heavy atom. The lowest BCUT2D eigenvalue weighted by atomic mass is 10.1. The van der Waals surface area contributed by atoms with Gasteiger partial charge >= 0.3 is 0 Å². The molecule has 0 saturated heterocycles. The van der Waals surface area contributed by atoms with E-state index in [1.807, 2.05) is 43.3 Å². The van der Waals surface area contributed by atoms with Crippen molar-refractivity contribution in [2.24, 2.45) is 0 Å². The van der Waals surface area contributed by atoms with Crippen LogP contribution in [0, 0.1) is 6.92 Å². The van der Waals surface area contributed by atoms with Gasteiger partial charge in [0.25, 0.3) is 5.91 Å². The van der Waals surface area contributed by atoms with Crippen LogP contribution < -0.4 is 5.32 Å². The van der Waals surface area contributed by atoms with Crippen LogP contribution in [0.15, 0.2) is 53.4 Å². The number of carbonyl (C=O) groups excluding carboxylic acids is 1. The van der Waals surface area contributed by atoms with Crippen molar-refractivity contribution in [3.63, 3.8) is 0 Å². The molecule has 2 aromatic heterocycles. The largest absolute Gasteiger partial charge is 0.467 e. The first-order valence-electron chi connectivity index (χ1n) is 7.43. The Hall–Kier alpha value is -3.02. The van der Waals surface area contributed by atoms with Crippen molar-refractivity contribution >= 4 is 11.6 Å². The number of rotatable bonds is 3. The van der Waals surface area contributed by atoms with Crippen LogP contribution in [0.1, 0.15) is 33.7 Å². The second-order valence-corrected chi connectivity index (χ2v) is 5.52. The number of imidazole rings is 1. The number of aryl methyl sites for hydroxylation is 1. The molecule has 0 radical (unpaired) electrons. The van der Waals surface area contributed by atoms with Gasteiger partial charge in [-0.3, -0.25) is 4.79 Å². The van der Waals surface area contributed by atoms with Crippen molar-refractivity contribution in [1.82, 2.24) is 14.9 Å². The van der Waals surface area contributed by atoms with Crippen LogP contribution in [-0.2, 0) is 6.54 Å². The maximum absolute atomic E-state index is 13.0. The number of para-hydroxylation sites is 1. The summed E-state index contributed by atoms with van der Waals surface area (Å²) in [7, 11) is 0. The van der Waals surface area contributed by atoms with Crippen LogP contribution in [0.5, 0.6) is 0 Å². The molecule has 3 aromatic rings. The summed E-state index contributed by atoms with van der Waals surface area (Å²) in [5.41, 5.74) is 3.21. The van der Waals surface area contributed by atoms with Gasteiger partial charge in [-0.25, -0.2) is 4.98 Å². The molecule has 0 spiro atoms. The SMILES string of the molecule is Cc1[nH]cnc1[C@H]1Nc2ccccc2C(=O)N1Cc1ccco1. The molecule has 0 unspecified atom stereocenters. The van der Waals surface area contributed by atoms with Crippen LogP contribution in [0.2, 0.25) is 0 Å². The molecule has 0 bridgehead atoms. The predicted molar refractivity (Wildman–Crippen MR) is 84.7 cm³/mol.